The van der Waals surface area contributed by atoms with Gasteiger partial charge in [-0.15, -0.1) is 0 Å². The van der Waals surface area contributed by atoms with E-state index in [0.29, 0.717) is 13.0 Å². The molecule has 1 saturated heterocycles. The first kappa shape index (κ1) is 16.5. The molecule has 5 nitrogen and oxygen atoms in total. The molecule has 0 aromatic carbocycles. The summed E-state index contributed by atoms with van der Waals surface area (Å²) in [6.45, 7) is 2.71. The molecule has 1 aromatic rings. The summed E-state index contributed by atoms with van der Waals surface area (Å²) in [5.74, 6) is 0.0591. The smallest absolute Gasteiger partial charge is 0.226 e. The molecule has 1 atom stereocenters. The number of nitrogens with one attached hydrogen (secondary N) is 1. The van der Waals surface area contributed by atoms with E-state index in [4.69, 9.17) is 4.74 Å². The number of rotatable bonds is 5. The standard InChI is InChI=1S/C18H29N3O2/c1-3-14-11-15(21(2)20-14)12-17(22)19-13-16-7-10-18(23-16)8-5-4-6-9-18/h11,16H,3-10,12-13H2,1-2H3,(H,19,22)/t16-/m1/s1. The normalized spacial score (nSPS) is 23.3. The van der Waals surface area contributed by atoms with Crippen LogP contribution in [0.3, 0.4) is 0 Å². The second-order valence-electron chi connectivity index (χ2n) is 7.11. The van der Waals surface area contributed by atoms with Crippen molar-refractivity contribution in [1.29, 1.82) is 0 Å². The Bertz CT molecular complexity index is 546. The van der Waals surface area contributed by atoms with E-state index in [-0.39, 0.29) is 17.6 Å². The fraction of sp³-hybridized carbons (Fsp3) is 0.778. The van der Waals surface area contributed by atoms with Crippen molar-refractivity contribution in [3.05, 3.63) is 17.5 Å². The number of aryl methyl sites for hydroxylation is 2. The van der Waals surface area contributed by atoms with Crippen LogP contribution < -0.4 is 5.32 Å². The molecule has 1 amide bonds. The second-order valence-corrected chi connectivity index (χ2v) is 7.11. The molecule has 2 aliphatic rings. The first-order chi connectivity index (χ1) is 11.1. The highest BCUT2D eigenvalue weighted by atomic mass is 16.5. The van der Waals surface area contributed by atoms with Crippen LogP contribution >= 0.6 is 0 Å². The first-order valence-corrected chi connectivity index (χ1v) is 9.06. The molecule has 128 valence electrons. The lowest BCUT2D eigenvalue weighted by molar-refractivity contribution is -0.122. The van der Waals surface area contributed by atoms with E-state index >= 15 is 0 Å². The number of ether oxygens (including phenoxy) is 1. The zero-order valence-corrected chi connectivity index (χ0v) is 14.4. The molecule has 2 heterocycles. The monoisotopic (exact) mass is 319 g/mol. The molecule has 1 aliphatic carbocycles. The predicted octanol–water partition coefficient (Wildman–Crippen LogP) is 2.52. The van der Waals surface area contributed by atoms with E-state index in [1.54, 1.807) is 0 Å². The number of carbonyl (C=O) groups excluding carboxylic acids is 1. The van der Waals surface area contributed by atoms with Crippen LogP contribution in [-0.2, 0) is 29.4 Å². The molecule has 1 aliphatic heterocycles. The summed E-state index contributed by atoms with van der Waals surface area (Å²) in [4.78, 5) is 12.2. The molecule has 3 rings (SSSR count). The molecule has 1 N–H and O–H groups in total. The number of hydrogen-bond acceptors (Lipinski definition) is 3. The maximum atomic E-state index is 12.2. The van der Waals surface area contributed by atoms with Crippen molar-refractivity contribution in [1.82, 2.24) is 15.1 Å². The van der Waals surface area contributed by atoms with Gasteiger partial charge in [0.25, 0.3) is 0 Å². The van der Waals surface area contributed by atoms with Gasteiger partial charge in [0.05, 0.1) is 23.8 Å². The van der Waals surface area contributed by atoms with Gasteiger partial charge in [-0.2, -0.15) is 5.10 Å². The maximum absolute atomic E-state index is 12.2. The largest absolute Gasteiger partial charge is 0.370 e. The van der Waals surface area contributed by atoms with Gasteiger partial charge in [-0.25, -0.2) is 0 Å². The summed E-state index contributed by atoms with van der Waals surface area (Å²) in [7, 11) is 1.90. The minimum absolute atomic E-state index is 0.0591. The Morgan fingerprint density at radius 2 is 2.17 bits per heavy atom. The number of aromatic nitrogens is 2. The van der Waals surface area contributed by atoms with Gasteiger partial charge in [-0.1, -0.05) is 26.2 Å². The van der Waals surface area contributed by atoms with Crippen molar-refractivity contribution in [2.24, 2.45) is 7.05 Å². The quantitative estimate of drug-likeness (QED) is 0.907. The second kappa shape index (κ2) is 7.04. The molecule has 1 spiro atoms. The number of amides is 1. The van der Waals surface area contributed by atoms with Crippen LogP contribution in [0.15, 0.2) is 6.07 Å². The van der Waals surface area contributed by atoms with E-state index in [9.17, 15) is 4.79 Å². The molecular formula is C18H29N3O2. The third-order valence-corrected chi connectivity index (χ3v) is 5.36. The Labute approximate surface area is 138 Å². The molecular weight excluding hydrogens is 290 g/mol. The lowest BCUT2D eigenvalue weighted by Gasteiger charge is -2.33. The van der Waals surface area contributed by atoms with Crippen molar-refractivity contribution in [3.8, 4) is 0 Å². The number of carbonyl (C=O) groups is 1. The molecule has 0 unspecified atom stereocenters. The zero-order valence-electron chi connectivity index (χ0n) is 14.4. The fourth-order valence-electron chi connectivity index (χ4n) is 3.97. The zero-order chi connectivity index (χ0) is 16.3. The lowest BCUT2D eigenvalue weighted by Crippen LogP contribution is -2.37. The average Bonchev–Trinajstić information content (AvgIpc) is 3.10. The molecule has 23 heavy (non-hydrogen) atoms. The third-order valence-electron chi connectivity index (χ3n) is 5.36. The molecule has 1 aromatic heterocycles. The van der Waals surface area contributed by atoms with Gasteiger partial charge >= 0.3 is 0 Å². The van der Waals surface area contributed by atoms with Gasteiger partial charge < -0.3 is 10.1 Å². The van der Waals surface area contributed by atoms with E-state index in [0.717, 1.165) is 30.7 Å². The first-order valence-electron chi connectivity index (χ1n) is 9.06. The Morgan fingerprint density at radius 3 is 2.87 bits per heavy atom. The van der Waals surface area contributed by atoms with Crippen molar-refractivity contribution in [2.45, 2.75) is 76.4 Å². The van der Waals surface area contributed by atoms with Gasteiger partial charge in [0.1, 0.15) is 0 Å². The molecule has 2 fully saturated rings. The lowest BCUT2D eigenvalue weighted by atomic mass is 9.83. The summed E-state index contributed by atoms with van der Waals surface area (Å²) in [6, 6.07) is 2.02. The molecule has 1 saturated carbocycles. The topological polar surface area (TPSA) is 56.1 Å². The van der Waals surface area contributed by atoms with Crippen molar-refractivity contribution in [2.75, 3.05) is 6.54 Å². The SMILES string of the molecule is CCc1cc(CC(=O)NC[C@H]2CCC3(CCCCC3)O2)n(C)n1. The van der Waals surface area contributed by atoms with Crippen molar-refractivity contribution >= 4 is 5.91 Å². The van der Waals surface area contributed by atoms with Crippen LogP contribution in [0.25, 0.3) is 0 Å². The van der Waals surface area contributed by atoms with Crippen LogP contribution in [0.4, 0.5) is 0 Å². The fourth-order valence-corrected chi connectivity index (χ4v) is 3.97. The van der Waals surface area contributed by atoms with Crippen LogP contribution in [0.1, 0.15) is 63.3 Å². The maximum Gasteiger partial charge on any atom is 0.226 e. The molecule has 5 heteroatoms. The Balaban J connectivity index is 1.45. The summed E-state index contributed by atoms with van der Waals surface area (Å²) >= 11 is 0. The van der Waals surface area contributed by atoms with E-state index < -0.39 is 0 Å². The van der Waals surface area contributed by atoms with Crippen molar-refractivity contribution < 1.29 is 9.53 Å². The summed E-state index contributed by atoms with van der Waals surface area (Å²) < 4.78 is 8.11. The van der Waals surface area contributed by atoms with Crippen LogP contribution in [0, 0.1) is 0 Å². The Kier molecular flexibility index (Phi) is 5.05. The summed E-state index contributed by atoms with van der Waals surface area (Å²) in [5.41, 5.74) is 2.13. The van der Waals surface area contributed by atoms with Gasteiger partial charge in [0.15, 0.2) is 0 Å². The minimum Gasteiger partial charge on any atom is -0.370 e. The molecule has 0 bridgehead atoms. The Morgan fingerprint density at radius 1 is 1.39 bits per heavy atom. The third kappa shape index (κ3) is 3.94. The highest BCUT2D eigenvalue weighted by Gasteiger charge is 2.40. The van der Waals surface area contributed by atoms with E-state index in [2.05, 4.69) is 17.3 Å². The van der Waals surface area contributed by atoms with Gasteiger partial charge in [-0.05, 0) is 38.2 Å². The summed E-state index contributed by atoms with van der Waals surface area (Å²) in [6.07, 6.45) is 10.0. The highest BCUT2D eigenvalue weighted by molar-refractivity contribution is 5.78. The van der Waals surface area contributed by atoms with Gasteiger partial charge in [0.2, 0.25) is 5.91 Å². The number of nitrogens with zero attached hydrogens (tertiary/aromatic N) is 2. The molecule has 0 radical (unpaired) electrons. The average molecular weight is 319 g/mol. The van der Waals surface area contributed by atoms with Crippen LogP contribution in [0.5, 0.6) is 0 Å². The van der Waals surface area contributed by atoms with Crippen LogP contribution in [-0.4, -0.2) is 33.9 Å². The van der Waals surface area contributed by atoms with E-state index in [1.165, 1.54) is 32.1 Å². The number of hydrogen-bond donors (Lipinski definition) is 1. The predicted molar refractivity (Wildman–Crippen MR) is 89.2 cm³/mol. The van der Waals surface area contributed by atoms with Gasteiger partial charge in [0, 0.05) is 19.3 Å². The van der Waals surface area contributed by atoms with Crippen LogP contribution in [0.2, 0.25) is 0 Å². The summed E-state index contributed by atoms with van der Waals surface area (Å²) in [5, 5.41) is 7.43. The Hall–Kier alpha value is -1.36. The highest BCUT2D eigenvalue weighted by Crippen LogP contribution is 2.41. The van der Waals surface area contributed by atoms with E-state index in [1.807, 2.05) is 17.8 Å². The minimum atomic E-state index is 0.0591. The van der Waals surface area contributed by atoms with Gasteiger partial charge in [-0.3, -0.25) is 9.48 Å². The van der Waals surface area contributed by atoms with Crippen molar-refractivity contribution in [3.63, 3.8) is 0 Å².